The first-order valence-electron chi connectivity index (χ1n) is 6.34. The number of hydrogen-bond donors (Lipinski definition) is 0. The first kappa shape index (κ1) is 13.5. The molecule has 1 nitrogen and oxygen atoms in total. The van der Waals surface area contributed by atoms with E-state index >= 15 is 0 Å². The van der Waals surface area contributed by atoms with E-state index < -0.39 is 0 Å². The molecule has 0 aromatic carbocycles. The lowest BCUT2D eigenvalue weighted by atomic mass is 9.77. The molecule has 1 aliphatic rings. The van der Waals surface area contributed by atoms with Crippen LogP contribution in [0.2, 0.25) is 0 Å². The summed E-state index contributed by atoms with van der Waals surface area (Å²) in [4.78, 5) is 0.725. The van der Waals surface area contributed by atoms with Crippen LogP contribution >= 0.6 is 15.9 Å². The zero-order valence-corrected chi connectivity index (χ0v) is 11.9. The summed E-state index contributed by atoms with van der Waals surface area (Å²) in [5.41, 5.74) is 0. The number of ether oxygens (including phenoxy) is 1. The molecular formula is C13H25BrO. The first-order valence-corrected chi connectivity index (χ1v) is 7.25. The van der Waals surface area contributed by atoms with Gasteiger partial charge in [-0.2, -0.15) is 0 Å². The summed E-state index contributed by atoms with van der Waals surface area (Å²) >= 11 is 3.84. The monoisotopic (exact) mass is 276 g/mol. The van der Waals surface area contributed by atoms with E-state index in [1.165, 1.54) is 38.5 Å². The molecule has 0 spiro atoms. The minimum Gasteiger partial charge on any atom is -0.382 e. The van der Waals surface area contributed by atoms with Crippen molar-refractivity contribution in [3.8, 4) is 0 Å². The van der Waals surface area contributed by atoms with Crippen LogP contribution in [0.3, 0.4) is 0 Å². The minimum absolute atomic E-state index is 0.412. The first-order chi connectivity index (χ1) is 7.17. The normalized spacial score (nSPS) is 34.0. The fraction of sp³-hybridized carbons (Fsp3) is 1.00. The Bertz CT molecular complexity index is 172. The highest BCUT2D eigenvalue weighted by molar-refractivity contribution is 9.09. The van der Waals surface area contributed by atoms with E-state index in [9.17, 15) is 0 Å². The third kappa shape index (κ3) is 4.44. The molecule has 1 saturated carbocycles. The summed E-state index contributed by atoms with van der Waals surface area (Å²) in [6.07, 6.45) is 8.55. The van der Waals surface area contributed by atoms with Gasteiger partial charge in [-0.1, -0.05) is 35.7 Å². The number of rotatable bonds is 5. The van der Waals surface area contributed by atoms with Gasteiger partial charge in [0.1, 0.15) is 0 Å². The third-order valence-electron chi connectivity index (χ3n) is 3.73. The van der Waals surface area contributed by atoms with Gasteiger partial charge in [-0.3, -0.25) is 0 Å². The SMILES string of the molecule is CCCC1CCC(Br)C(CC(C)OC)C1. The summed E-state index contributed by atoms with van der Waals surface area (Å²) in [6, 6.07) is 0. The van der Waals surface area contributed by atoms with Crippen molar-refractivity contribution in [3.63, 3.8) is 0 Å². The van der Waals surface area contributed by atoms with E-state index in [-0.39, 0.29) is 0 Å². The molecule has 90 valence electrons. The standard InChI is InChI=1S/C13H25BrO/c1-4-5-11-6-7-13(14)12(9-11)8-10(2)15-3/h10-13H,4-9H2,1-3H3. The van der Waals surface area contributed by atoms with Gasteiger partial charge in [-0.05, 0) is 44.4 Å². The largest absolute Gasteiger partial charge is 0.382 e. The van der Waals surface area contributed by atoms with Crippen LogP contribution in [0.5, 0.6) is 0 Å². The van der Waals surface area contributed by atoms with Gasteiger partial charge >= 0.3 is 0 Å². The van der Waals surface area contributed by atoms with E-state index in [1.807, 2.05) is 7.11 Å². The molecule has 1 fully saturated rings. The third-order valence-corrected chi connectivity index (χ3v) is 4.94. The molecule has 0 amide bonds. The Labute approximate surface area is 103 Å². The van der Waals surface area contributed by atoms with Gasteiger partial charge in [0.15, 0.2) is 0 Å². The van der Waals surface area contributed by atoms with Crippen LogP contribution in [0.15, 0.2) is 0 Å². The van der Waals surface area contributed by atoms with Crippen LogP contribution in [0, 0.1) is 11.8 Å². The molecule has 1 aliphatic carbocycles. The zero-order chi connectivity index (χ0) is 11.3. The fourth-order valence-electron chi connectivity index (χ4n) is 2.76. The highest BCUT2D eigenvalue weighted by Crippen LogP contribution is 2.38. The molecule has 0 heterocycles. The number of alkyl halides is 1. The van der Waals surface area contributed by atoms with E-state index in [1.54, 1.807) is 0 Å². The predicted octanol–water partition coefficient (Wildman–Crippen LogP) is 4.39. The van der Waals surface area contributed by atoms with Gasteiger partial charge in [0.25, 0.3) is 0 Å². The molecular weight excluding hydrogens is 252 g/mol. The molecule has 0 aliphatic heterocycles. The average Bonchev–Trinajstić information content (AvgIpc) is 2.23. The van der Waals surface area contributed by atoms with Crippen LogP contribution in [-0.2, 0) is 4.74 Å². The molecule has 0 aromatic rings. The summed E-state index contributed by atoms with van der Waals surface area (Å²) in [6.45, 7) is 4.48. The van der Waals surface area contributed by atoms with Crippen molar-refractivity contribution < 1.29 is 4.74 Å². The predicted molar refractivity (Wildman–Crippen MR) is 69.5 cm³/mol. The summed E-state index contributed by atoms with van der Waals surface area (Å²) in [7, 11) is 1.82. The molecule has 15 heavy (non-hydrogen) atoms. The molecule has 2 heteroatoms. The molecule has 0 N–H and O–H groups in total. The number of halogens is 1. The van der Waals surface area contributed by atoms with E-state index in [0.717, 1.165) is 16.7 Å². The lowest BCUT2D eigenvalue weighted by molar-refractivity contribution is 0.0833. The molecule has 1 rings (SSSR count). The topological polar surface area (TPSA) is 9.23 Å². The van der Waals surface area contributed by atoms with Gasteiger partial charge in [0.2, 0.25) is 0 Å². The minimum atomic E-state index is 0.412. The van der Waals surface area contributed by atoms with Gasteiger partial charge in [0.05, 0.1) is 6.10 Å². The summed E-state index contributed by atoms with van der Waals surface area (Å²) in [5, 5.41) is 0. The highest BCUT2D eigenvalue weighted by Gasteiger charge is 2.29. The van der Waals surface area contributed by atoms with Crippen molar-refractivity contribution in [1.29, 1.82) is 0 Å². The second-order valence-corrected chi connectivity index (χ2v) is 6.20. The van der Waals surface area contributed by atoms with Gasteiger partial charge in [-0.25, -0.2) is 0 Å². The lowest BCUT2D eigenvalue weighted by Gasteiger charge is -2.34. The van der Waals surface area contributed by atoms with Crippen LogP contribution in [-0.4, -0.2) is 18.0 Å². The molecule has 0 saturated heterocycles. The van der Waals surface area contributed by atoms with Crippen LogP contribution in [0.25, 0.3) is 0 Å². The van der Waals surface area contributed by atoms with Crippen molar-refractivity contribution in [2.45, 2.75) is 63.3 Å². The number of hydrogen-bond acceptors (Lipinski definition) is 1. The Kier molecular flexibility index (Phi) is 6.21. The van der Waals surface area contributed by atoms with Crippen LogP contribution < -0.4 is 0 Å². The Hall–Kier alpha value is 0.440. The van der Waals surface area contributed by atoms with Crippen molar-refractivity contribution in [2.75, 3.05) is 7.11 Å². The Balaban J connectivity index is 2.39. The molecule has 0 bridgehead atoms. The maximum Gasteiger partial charge on any atom is 0.0546 e. The quantitative estimate of drug-likeness (QED) is 0.677. The Morgan fingerprint density at radius 1 is 1.40 bits per heavy atom. The van der Waals surface area contributed by atoms with Crippen LogP contribution in [0.4, 0.5) is 0 Å². The Morgan fingerprint density at radius 2 is 2.13 bits per heavy atom. The van der Waals surface area contributed by atoms with Crippen molar-refractivity contribution in [1.82, 2.24) is 0 Å². The zero-order valence-electron chi connectivity index (χ0n) is 10.3. The second kappa shape index (κ2) is 6.90. The van der Waals surface area contributed by atoms with Crippen molar-refractivity contribution in [2.24, 2.45) is 11.8 Å². The second-order valence-electron chi connectivity index (χ2n) is 5.03. The van der Waals surface area contributed by atoms with Crippen molar-refractivity contribution >= 4 is 15.9 Å². The Morgan fingerprint density at radius 3 is 2.73 bits per heavy atom. The van der Waals surface area contributed by atoms with Crippen LogP contribution in [0.1, 0.15) is 52.4 Å². The molecule has 4 unspecified atom stereocenters. The van der Waals surface area contributed by atoms with E-state index in [2.05, 4.69) is 29.8 Å². The lowest BCUT2D eigenvalue weighted by Crippen LogP contribution is -2.28. The molecule has 0 radical (unpaired) electrons. The summed E-state index contributed by atoms with van der Waals surface area (Å²) < 4.78 is 5.38. The van der Waals surface area contributed by atoms with E-state index in [4.69, 9.17) is 4.74 Å². The molecule has 4 atom stereocenters. The fourth-order valence-corrected chi connectivity index (χ4v) is 3.46. The van der Waals surface area contributed by atoms with Crippen molar-refractivity contribution in [3.05, 3.63) is 0 Å². The highest BCUT2D eigenvalue weighted by atomic mass is 79.9. The molecule has 0 aromatic heterocycles. The smallest absolute Gasteiger partial charge is 0.0546 e. The summed E-state index contributed by atoms with van der Waals surface area (Å²) in [5.74, 6) is 1.79. The van der Waals surface area contributed by atoms with Gasteiger partial charge < -0.3 is 4.74 Å². The van der Waals surface area contributed by atoms with E-state index in [0.29, 0.717) is 6.10 Å². The maximum absolute atomic E-state index is 5.38. The average molecular weight is 277 g/mol. The van der Waals surface area contributed by atoms with Gasteiger partial charge in [0, 0.05) is 11.9 Å². The number of methoxy groups -OCH3 is 1. The van der Waals surface area contributed by atoms with Gasteiger partial charge in [-0.15, -0.1) is 0 Å². The maximum atomic E-state index is 5.38.